The van der Waals surface area contributed by atoms with Crippen LogP contribution < -0.4 is 11.1 Å². The minimum atomic E-state index is 0.145. The molecule has 2 aliphatic rings. The maximum Gasteiger partial charge on any atom is 0.166 e. The number of hydrogen-bond donors (Lipinski definition) is 2. The Kier molecular flexibility index (Phi) is 3.04. The molecular weight excluding hydrogens is 226 g/mol. The van der Waals surface area contributed by atoms with Crippen LogP contribution in [0.3, 0.4) is 0 Å². The highest BCUT2D eigenvalue weighted by Crippen LogP contribution is 2.33. The average molecular weight is 245 g/mol. The molecule has 96 valence electrons. The third kappa shape index (κ3) is 2.25. The monoisotopic (exact) mass is 245 g/mol. The Labute approximate surface area is 107 Å². The number of nitrogen functional groups attached to an aromatic ring is 1. The van der Waals surface area contributed by atoms with E-state index < -0.39 is 0 Å². The highest BCUT2D eigenvalue weighted by molar-refractivity contribution is 6.00. The van der Waals surface area contributed by atoms with E-state index in [-0.39, 0.29) is 5.78 Å². The average Bonchev–Trinajstić information content (AvgIpc) is 2.69. The molecule has 1 aromatic rings. The first kappa shape index (κ1) is 11.7. The number of Topliss-reactive ketones (excluding diaryl/α,β-unsaturated/α-hetero) is 1. The molecule has 4 heteroatoms. The highest BCUT2D eigenvalue weighted by atomic mass is 16.1. The van der Waals surface area contributed by atoms with Crippen LogP contribution in [0.2, 0.25) is 0 Å². The standard InChI is InChI=1S/C14H19N3O/c15-13-3-4-16-8-12(13)14(18)7-9-5-10-1-2-11(6-9)17-10/h3-4,8-11,17H,1-2,5-7H2,(H2,15,16). The summed E-state index contributed by atoms with van der Waals surface area (Å²) in [4.78, 5) is 16.2. The number of fused-ring (bicyclic) bond motifs is 2. The van der Waals surface area contributed by atoms with Gasteiger partial charge in [0.15, 0.2) is 5.78 Å². The van der Waals surface area contributed by atoms with E-state index in [0.717, 1.165) is 12.8 Å². The van der Waals surface area contributed by atoms with E-state index in [2.05, 4.69) is 10.3 Å². The SMILES string of the molecule is Nc1ccncc1C(=O)CC1CC2CCC(C1)N2. The predicted octanol–water partition coefficient (Wildman–Crippen LogP) is 1.77. The molecule has 3 rings (SSSR count). The van der Waals surface area contributed by atoms with Gasteiger partial charge in [-0.05, 0) is 37.7 Å². The number of carbonyl (C=O) groups is 1. The van der Waals surface area contributed by atoms with Crippen molar-refractivity contribution in [1.29, 1.82) is 0 Å². The molecule has 3 heterocycles. The summed E-state index contributed by atoms with van der Waals surface area (Å²) in [6, 6.07) is 2.96. The van der Waals surface area contributed by atoms with Crippen molar-refractivity contribution in [3.8, 4) is 0 Å². The first-order valence-corrected chi connectivity index (χ1v) is 6.71. The van der Waals surface area contributed by atoms with Gasteiger partial charge in [-0.3, -0.25) is 9.78 Å². The maximum absolute atomic E-state index is 12.2. The largest absolute Gasteiger partial charge is 0.398 e. The van der Waals surface area contributed by atoms with Gasteiger partial charge in [0, 0.05) is 36.6 Å². The van der Waals surface area contributed by atoms with Crippen LogP contribution in [0.15, 0.2) is 18.5 Å². The zero-order valence-electron chi connectivity index (χ0n) is 10.4. The van der Waals surface area contributed by atoms with Crippen LogP contribution >= 0.6 is 0 Å². The molecule has 0 radical (unpaired) electrons. The number of nitrogens with zero attached hydrogens (tertiary/aromatic N) is 1. The molecule has 2 aliphatic heterocycles. The number of piperidine rings is 1. The summed E-state index contributed by atoms with van der Waals surface area (Å²) in [5.74, 6) is 0.655. The second-order valence-corrected chi connectivity index (χ2v) is 5.57. The summed E-state index contributed by atoms with van der Waals surface area (Å²) < 4.78 is 0. The van der Waals surface area contributed by atoms with Crippen LogP contribution in [-0.2, 0) is 0 Å². The number of pyridine rings is 1. The van der Waals surface area contributed by atoms with Gasteiger partial charge in [-0.2, -0.15) is 0 Å². The number of ketones is 1. The normalized spacial score (nSPS) is 30.3. The first-order chi connectivity index (χ1) is 8.72. The van der Waals surface area contributed by atoms with Gasteiger partial charge in [0.05, 0.1) is 5.56 Å². The number of hydrogen-bond acceptors (Lipinski definition) is 4. The second kappa shape index (κ2) is 4.69. The molecule has 2 unspecified atom stereocenters. The summed E-state index contributed by atoms with van der Waals surface area (Å²) in [6.45, 7) is 0. The van der Waals surface area contributed by atoms with Crippen LogP contribution in [-0.4, -0.2) is 22.9 Å². The number of anilines is 1. The summed E-state index contributed by atoms with van der Waals surface area (Å²) in [6.07, 6.45) is 8.62. The van der Waals surface area contributed by atoms with Crippen molar-refractivity contribution in [2.24, 2.45) is 5.92 Å². The van der Waals surface area contributed by atoms with Crippen LogP contribution in [0, 0.1) is 5.92 Å². The van der Waals surface area contributed by atoms with E-state index in [1.165, 1.54) is 12.8 Å². The van der Waals surface area contributed by atoms with Gasteiger partial charge < -0.3 is 11.1 Å². The van der Waals surface area contributed by atoms with E-state index in [1.54, 1.807) is 18.5 Å². The third-order valence-corrected chi connectivity index (χ3v) is 4.20. The van der Waals surface area contributed by atoms with Gasteiger partial charge in [0.25, 0.3) is 0 Å². The lowest BCUT2D eigenvalue weighted by Gasteiger charge is -2.28. The molecule has 18 heavy (non-hydrogen) atoms. The first-order valence-electron chi connectivity index (χ1n) is 6.71. The molecule has 0 aliphatic carbocycles. The van der Waals surface area contributed by atoms with Gasteiger partial charge in [-0.1, -0.05) is 0 Å². The lowest BCUT2D eigenvalue weighted by molar-refractivity contribution is 0.0946. The Balaban J connectivity index is 1.66. The van der Waals surface area contributed by atoms with E-state index in [4.69, 9.17) is 5.73 Å². The molecular formula is C14H19N3O. The Bertz CT molecular complexity index is 448. The van der Waals surface area contributed by atoms with Crippen LogP contribution in [0.4, 0.5) is 5.69 Å². The fourth-order valence-corrected chi connectivity index (χ4v) is 3.35. The summed E-state index contributed by atoms with van der Waals surface area (Å²) in [5.41, 5.74) is 6.95. The Morgan fingerprint density at radius 3 is 2.78 bits per heavy atom. The van der Waals surface area contributed by atoms with Gasteiger partial charge in [0.1, 0.15) is 0 Å². The van der Waals surface area contributed by atoms with Gasteiger partial charge in [-0.25, -0.2) is 0 Å². The molecule has 2 saturated heterocycles. The van der Waals surface area contributed by atoms with Crippen molar-refractivity contribution < 1.29 is 4.79 Å². The maximum atomic E-state index is 12.2. The summed E-state index contributed by atoms with van der Waals surface area (Å²) in [5, 5.41) is 3.60. The quantitative estimate of drug-likeness (QED) is 0.796. The Morgan fingerprint density at radius 1 is 1.39 bits per heavy atom. The summed E-state index contributed by atoms with van der Waals surface area (Å²) >= 11 is 0. The van der Waals surface area contributed by atoms with Gasteiger partial charge in [0.2, 0.25) is 0 Å². The Morgan fingerprint density at radius 2 is 2.11 bits per heavy atom. The fourth-order valence-electron chi connectivity index (χ4n) is 3.35. The summed E-state index contributed by atoms with van der Waals surface area (Å²) in [7, 11) is 0. The molecule has 1 aromatic heterocycles. The number of rotatable bonds is 3. The molecule has 0 spiro atoms. The van der Waals surface area contributed by atoms with Gasteiger partial charge >= 0.3 is 0 Å². The van der Waals surface area contributed by atoms with E-state index >= 15 is 0 Å². The van der Waals surface area contributed by atoms with Crippen molar-refractivity contribution in [1.82, 2.24) is 10.3 Å². The van der Waals surface area contributed by atoms with Crippen LogP contribution in [0.1, 0.15) is 42.5 Å². The topological polar surface area (TPSA) is 68.0 Å². The molecule has 4 nitrogen and oxygen atoms in total. The molecule has 0 aromatic carbocycles. The van der Waals surface area contributed by atoms with E-state index in [0.29, 0.717) is 35.7 Å². The number of carbonyl (C=O) groups excluding carboxylic acids is 1. The van der Waals surface area contributed by atoms with Crippen molar-refractivity contribution >= 4 is 11.5 Å². The molecule has 2 bridgehead atoms. The molecule has 2 atom stereocenters. The van der Waals surface area contributed by atoms with Gasteiger partial charge in [-0.15, -0.1) is 0 Å². The minimum Gasteiger partial charge on any atom is -0.398 e. The lowest BCUT2D eigenvalue weighted by Crippen LogP contribution is -2.38. The zero-order chi connectivity index (χ0) is 12.5. The smallest absolute Gasteiger partial charge is 0.166 e. The third-order valence-electron chi connectivity index (χ3n) is 4.20. The van der Waals surface area contributed by atoms with Crippen LogP contribution in [0.25, 0.3) is 0 Å². The van der Waals surface area contributed by atoms with Crippen LogP contribution in [0.5, 0.6) is 0 Å². The zero-order valence-corrected chi connectivity index (χ0v) is 10.4. The highest BCUT2D eigenvalue weighted by Gasteiger charge is 2.34. The number of nitrogens with one attached hydrogen (secondary N) is 1. The van der Waals surface area contributed by atoms with Crippen molar-refractivity contribution in [2.45, 2.75) is 44.2 Å². The van der Waals surface area contributed by atoms with Crippen molar-refractivity contribution in [2.75, 3.05) is 5.73 Å². The Hall–Kier alpha value is -1.42. The molecule has 0 saturated carbocycles. The van der Waals surface area contributed by atoms with E-state index in [1.807, 2.05) is 0 Å². The number of nitrogens with two attached hydrogens (primary N) is 1. The second-order valence-electron chi connectivity index (χ2n) is 5.57. The fraction of sp³-hybridized carbons (Fsp3) is 0.571. The molecule has 2 fully saturated rings. The van der Waals surface area contributed by atoms with Crippen molar-refractivity contribution in [3.63, 3.8) is 0 Å². The predicted molar refractivity (Wildman–Crippen MR) is 70.3 cm³/mol. The van der Waals surface area contributed by atoms with Crippen molar-refractivity contribution in [3.05, 3.63) is 24.0 Å². The van der Waals surface area contributed by atoms with E-state index in [9.17, 15) is 4.79 Å². The molecule has 3 N–H and O–H groups in total. The minimum absolute atomic E-state index is 0.145. The lowest BCUT2D eigenvalue weighted by atomic mass is 9.87. The number of aromatic nitrogens is 1. The molecule has 0 amide bonds.